The maximum Gasteiger partial charge on any atom is 0.271 e. The average molecular weight is 593 g/mol. The molecule has 12 heteroatoms. The number of thioether (sulfide) groups is 1. The number of nitrogens with one attached hydrogen (secondary N) is 2. The molecule has 2 fully saturated rings. The lowest BCUT2D eigenvalue weighted by Gasteiger charge is -2.39. The van der Waals surface area contributed by atoms with E-state index in [1.807, 2.05) is 10.8 Å². The molecule has 8 nitrogen and oxygen atoms in total. The number of anilines is 1. The summed E-state index contributed by atoms with van der Waals surface area (Å²) in [5, 5.41) is 13.2. The Hall–Kier alpha value is -2.72. The summed E-state index contributed by atoms with van der Waals surface area (Å²) in [6, 6.07) is 12.1. The van der Waals surface area contributed by atoms with Crippen LogP contribution in [0.4, 0.5) is 14.5 Å². The minimum atomic E-state index is -4.37. The molecule has 2 aromatic carbocycles. The number of halogens is 2. The van der Waals surface area contributed by atoms with Gasteiger partial charge in [0.1, 0.15) is 11.9 Å². The molecule has 4 rings (SSSR count). The van der Waals surface area contributed by atoms with Gasteiger partial charge >= 0.3 is 0 Å². The number of hydrogen-bond donors (Lipinski definition) is 2. The van der Waals surface area contributed by atoms with Crippen LogP contribution in [0.5, 0.6) is 0 Å². The number of alkyl halides is 1. The lowest BCUT2D eigenvalue weighted by atomic mass is 9.86. The maximum absolute atomic E-state index is 15.0. The van der Waals surface area contributed by atoms with Crippen molar-refractivity contribution in [3.05, 3.63) is 53.8 Å². The molecule has 1 aliphatic heterocycles. The fraction of sp³-hybridized carbons (Fsp3) is 0.500. The molecule has 40 heavy (non-hydrogen) atoms. The first-order chi connectivity index (χ1) is 19.1. The largest absolute Gasteiger partial charge is 0.380 e. The zero-order chi connectivity index (χ0) is 28.8. The number of sulfonamides is 1. The standard InChI is InChI=1S/C28H34F2N4O4S2/c1-38-23-17-34(18-23)14-11-22(19-39-24-7-5-21(29)6-8-24)32-26-10-9-25(15-20(26)16-31)40(36,37)33-27(35)28(30)12-3-2-4-13-28/h5-10,15,22-23,32H,2-4,11-14,17-19H2,1H3,(H,33,35)/t22-/m1/s1. The number of methoxy groups -OCH3 is 1. The monoisotopic (exact) mass is 592 g/mol. The molecule has 0 unspecified atom stereocenters. The van der Waals surface area contributed by atoms with E-state index in [9.17, 15) is 22.9 Å². The highest BCUT2D eigenvalue weighted by atomic mass is 32.2. The van der Waals surface area contributed by atoms with E-state index in [0.717, 1.165) is 37.4 Å². The van der Waals surface area contributed by atoms with Gasteiger partial charge in [0.2, 0.25) is 0 Å². The maximum atomic E-state index is 15.0. The molecule has 1 atom stereocenters. The normalized spacial score (nSPS) is 18.4. The fourth-order valence-corrected chi connectivity index (χ4v) is 6.90. The van der Waals surface area contributed by atoms with Gasteiger partial charge < -0.3 is 10.1 Å². The SMILES string of the molecule is COC1CN(CC[C@H](CSc2ccc(F)cc2)Nc2ccc(S(=O)(=O)NC(=O)C3(F)CCCCC3)cc2C#N)C1. The lowest BCUT2D eigenvalue weighted by Crippen LogP contribution is -2.52. The predicted molar refractivity (Wildman–Crippen MR) is 150 cm³/mol. The smallest absolute Gasteiger partial charge is 0.271 e. The van der Waals surface area contributed by atoms with Crippen molar-refractivity contribution in [2.45, 2.75) is 66.1 Å². The number of carbonyl (C=O) groups excluding carboxylic acids is 1. The number of hydrogen-bond acceptors (Lipinski definition) is 8. The van der Waals surface area contributed by atoms with Crippen LogP contribution in [0.1, 0.15) is 44.1 Å². The van der Waals surface area contributed by atoms with Crippen molar-refractivity contribution in [2.24, 2.45) is 0 Å². The van der Waals surface area contributed by atoms with Gasteiger partial charge in [-0.15, -0.1) is 11.8 Å². The van der Waals surface area contributed by atoms with Crippen LogP contribution in [0.15, 0.2) is 52.3 Å². The van der Waals surface area contributed by atoms with Gasteiger partial charge in [0, 0.05) is 43.4 Å². The first-order valence-corrected chi connectivity index (χ1v) is 15.8. The van der Waals surface area contributed by atoms with Crippen molar-refractivity contribution in [1.29, 1.82) is 5.26 Å². The number of benzene rings is 2. The molecule has 1 aliphatic carbocycles. The lowest BCUT2D eigenvalue weighted by molar-refractivity contribution is -0.133. The van der Waals surface area contributed by atoms with E-state index >= 15 is 4.39 Å². The average Bonchev–Trinajstić information content (AvgIpc) is 2.92. The summed E-state index contributed by atoms with van der Waals surface area (Å²) in [5.74, 6) is -0.852. The molecule has 1 saturated carbocycles. The molecule has 1 heterocycles. The van der Waals surface area contributed by atoms with Crippen LogP contribution < -0.4 is 10.0 Å². The van der Waals surface area contributed by atoms with E-state index in [4.69, 9.17) is 4.74 Å². The number of nitriles is 1. The van der Waals surface area contributed by atoms with Crippen LogP contribution in [-0.4, -0.2) is 69.5 Å². The molecule has 2 aliphatic rings. The van der Waals surface area contributed by atoms with Crippen LogP contribution in [-0.2, 0) is 19.6 Å². The number of rotatable bonds is 12. The van der Waals surface area contributed by atoms with Crippen LogP contribution >= 0.6 is 11.8 Å². The first kappa shape index (κ1) is 30.2. The molecule has 0 aromatic heterocycles. The third-order valence-corrected chi connectivity index (χ3v) is 9.88. The van der Waals surface area contributed by atoms with E-state index in [1.165, 1.54) is 30.3 Å². The third kappa shape index (κ3) is 7.72. The number of nitrogens with zero attached hydrogens (tertiary/aromatic N) is 2. The topological polar surface area (TPSA) is 112 Å². The van der Waals surface area contributed by atoms with E-state index in [1.54, 1.807) is 31.0 Å². The Morgan fingerprint density at radius 3 is 2.55 bits per heavy atom. The second-order valence-corrected chi connectivity index (χ2v) is 13.1. The Labute approximate surface area is 238 Å². The number of carbonyl (C=O) groups is 1. The Balaban J connectivity index is 1.46. The molecular weight excluding hydrogens is 558 g/mol. The van der Waals surface area contributed by atoms with Gasteiger partial charge in [-0.25, -0.2) is 21.9 Å². The minimum Gasteiger partial charge on any atom is -0.380 e. The molecule has 0 spiro atoms. The molecule has 216 valence electrons. The molecule has 0 bridgehead atoms. The Bertz CT molecular complexity index is 1320. The highest BCUT2D eigenvalue weighted by molar-refractivity contribution is 7.99. The molecular formula is C28H34F2N4O4S2. The fourth-order valence-electron chi connectivity index (χ4n) is 4.86. The zero-order valence-corrected chi connectivity index (χ0v) is 24.0. The van der Waals surface area contributed by atoms with Gasteiger partial charge in [-0.3, -0.25) is 9.69 Å². The quantitative estimate of drug-likeness (QED) is 0.348. The molecule has 2 aromatic rings. The van der Waals surface area contributed by atoms with Gasteiger partial charge in [-0.1, -0.05) is 6.42 Å². The minimum absolute atomic E-state index is 0.0124. The van der Waals surface area contributed by atoms with E-state index in [2.05, 4.69) is 10.2 Å². The van der Waals surface area contributed by atoms with Gasteiger partial charge in [-0.05, 0) is 74.6 Å². The van der Waals surface area contributed by atoms with Crippen LogP contribution in [0.2, 0.25) is 0 Å². The van der Waals surface area contributed by atoms with Crippen molar-refractivity contribution in [2.75, 3.05) is 37.8 Å². The third-order valence-electron chi connectivity index (χ3n) is 7.38. The summed E-state index contributed by atoms with van der Waals surface area (Å²) >= 11 is 1.55. The summed E-state index contributed by atoms with van der Waals surface area (Å²) in [4.78, 5) is 15.4. The summed E-state index contributed by atoms with van der Waals surface area (Å²) < 4.78 is 61.4. The van der Waals surface area contributed by atoms with Crippen LogP contribution in [0, 0.1) is 17.1 Å². The number of ether oxygens (including phenoxy) is 1. The molecule has 1 saturated heterocycles. The Morgan fingerprint density at radius 2 is 1.90 bits per heavy atom. The van der Waals surface area contributed by atoms with E-state index in [-0.39, 0.29) is 41.3 Å². The summed E-state index contributed by atoms with van der Waals surface area (Å²) in [6.45, 7) is 2.49. The molecule has 1 amide bonds. The predicted octanol–water partition coefficient (Wildman–Crippen LogP) is 4.47. The summed E-state index contributed by atoms with van der Waals surface area (Å²) in [5.41, 5.74) is -1.67. The number of likely N-dealkylation sites (tertiary alicyclic amines) is 1. The first-order valence-electron chi connectivity index (χ1n) is 13.3. The second kappa shape index (κ2) is 13.3. The summed E-state index contributed by atoms with van der Waals surface area (Å²) in [6.07, 6.45) is 2.79. The van der Waals surface area contributed by atoms with Crippen molar-refractivity contribution < 1.29 is 26.7 Å². The van der Waals surface area contributed by atoms with Gasteiger partial charge in [0.05, 0.1) is 22.3 Å². The van der Waals surface area contributed by atoms with Crippen molar-refractivity contribution >= 4 is 33.4 Å². The van der Waals surface area contributed by atoms with Gasteiger partial charge in [-0.2, -0.15) is 5.26 Å². The molecule has 2 N–H and O–H groups in total. The van der Waals surface area contributed by atoms with Crippen molar-refractivity contribution in [1.82, 2.24) is 9.62 Å². The molecule has 0 radical (unpaired) electrons. The van der Waals surface area contributed by atoms with Crippen LogP contribution in [0.3, 0.4) is 0 Å². The Kier molecular flexibility index (Phi) is 10.1. The summed E-state index contributed by atoms with van der Waals surface area (Å²) in [7, 11) is -2.68. The number of amides is 1. The Morgan fingerprint density at radius 1 is 1.20 bits per heavy atom. The highest BCUT2D eigenvalue weighted by Gasteiger charge is 2.41. The van der Waals surface area contributed by atoms with Crippen molar-refractivity contribution in [3.63, 3.8) is 0 Å². The van der Waals surface area contributed by atoms with Crippen LogP contribution in [0.25, 0.3) is 0 Å². The van der Waals surface area contributed by atoms with E-state index < -0.39 is 21.6 Å². The highest BCUT2D eigenvalue weighted by Crippen LogP contribution is 2.32. The van der Waals surface area contributed by atoms with Crippen molar-refractivity contribution in [3.8, 4) is 6.07 Å². The zero-order valence-electron chi connectivity index (χ0n) is 22.4. The van der Waals surface area contributed by atoms with E-state index in [0.29, 0.717) is 24.3 Å². The second-order valence-electron chi connectivity index (χ2n) is 10.3. The van der Waals surface area contributed by atoms with Gasteiger partial charge in [0.25, 0.3) is 15.9 Å². The van der Waals surface area contributed by atoms with Gasteiger partial charge in [0.15, 0.2) is 5.67 Å².